The van der Waals surface area contributed by atoms with Gasteiger partial charge >= 0.3 is 0 Å². The van der Waals surface area contributed by atoms with E-state index in [0.717, 1.165) is 5.23 Å². The molecule has 4 heteroatoms. The molecule has 0 aromatic heterocycles. The summed E-state index contributed by atoms with van der Waals surface area (Å²) in [5.74, 6) is 4.85. The van der Waals surface area contributed by atoms with E-state index >= 15 is 0 Å². The van der Waals surface area contributed by atoms with Crippen molar-refractivity contribution in [3.63, 3.8) is 0 Å². The van der Waals surface area contributed by atoms with E-state index in [1.807, 2.05) is 0 Å². The molecule has 2 N–H and O–H groups in total. The zero-order valence-corrected chi connectivity index (χ0v) is 3.33. The average Bonchev–Trinajstić information content (AvgIpc) is 1.65. The summed E-state index contributed by atoms with van der Waals surface area (Å²) in [7, 11) is 0. The first kappa shape index (κ1) is 5.10. The van der Waals surface area contributed by atoms with Crippen molar-refractivity contribution in [1.29, 1.82) is 0 Å². The zero-order valence-electron chi connectivity index (χ0n) is 3.33. The van der Waals surface area contributed by atoms with Gasteiger partial charge in [0.05, 0.1) is 0 Å². The number of hydrogen-bond acceptors (Lipinski definition) is 4. The third-order valence-electron chi connectivity index (χ3n) is 0.290. The highest BCUT2D eigenvalue weighted by Crippen LogP contribution is 1.68. The minimum Gasteiger partial charge on any atom is -0.209 e. The smallest absolute Gasteiger partial charge is 0.0144 e. The van der Waals surface area contributed by atoms with E-state index in [1.54, 1.807) is 0 Å². The van der Waals surface area contributed by atoms with Crippen molar-refractivity contribution in [1.82, 2.24) is 5.23 Å². The molecule has 0 unspecified atom stereocenters. The van der Waals surface area contributed by atoms with Gasteiger partial charge in [0.1, 0.15) is 0 Å². The normalized spacial score (nSPS) is 6.83. The Morgan fingerprint density at radius 2 is 1.67 bits per heavy atom. The molecule has 0 aromatic rings. The van der Waals surface area contributed by atoms with E-state index < -0.39 is 0 Å². The molecule has 0 aliphatic heterocycles. The molecular weight excluding hydrogens is 80.0 g/mol. The van der Waals surface area contributed by atoms with E-state index in [-0.39, 0.29) is 0 Å². The number of nitrogens with two attached hydrogens (primary N) is 1. The van der Waals surface area contributed by atoms with Crippen molar-refractivity contribution in [2.24, 2.45) is 16.0 Å². The topological polar surface area (TPSA) is 54.0 Å². The van der Waals surface area contributed by atoms with E-state index in [2.05, 4.69) is 23.6 Å². The van der Waals surface area contributed by atoms with Crippen LogP contribution in [0.3, 0.4) is 0 Å². The second-order valence-corrected chi connectivity index (χ2v) is 0.603. The highest BCUT2D eigenvalue weighted by atomic mass is 15.8. The molecule has 0 saturated carbocycles. The summed E-state index contributed by atoms with van der Waals surface area (Å²) in [5.41, 5.74) is 0. The Bertz CT molecular complexity index is 50.6. The molecule has 0 radical (unpaired) electrons. The molecule has 0 amide bonds. The molecule has 0 aliphatic carbocycles. The Kier molecular flexibility index (Phi) is 1.99. The van der Waals surface area contributed by atoms with E-state index in [1.165, 1.54) is 0 Å². The monoisotopic (exact) mass is 86.1 g/mol. The molecule has 0 atom stereocenters. The zero-order chi connectivity index (χ0) is 4.99. The van der Waals surface area contributed by atoms with Crippen molar-refractivity contribution in [3.8, 4) is 0 Å². The Balaban J connectivity index is 3.21. The number of hydrazone groups is 2. The molecule has 6 heavy (non-hydrogen) atoms. The summed E-state index contributed by atoms with van der Waals surface area (Å²) >= 11 is 0. The third-order valence-corrected chi connectivity index (χ3v) is 0.290. The molecule has 4 nitrogen and oxygen atoms in total. The molecule has 0 bridgehead atoms. The first-order valence-electron chi connectivity index (χ1n) is 1.29. The van der Waals surface area contributed by atoms with E-state index in [0.29, 0.717) is 0 Å². The average molecular weight is 86.1 g/mol. The summed E-state index contributed by atoms with van der Waals surface area (Å²) < 4.78 is 0. The molecule has 0 saturated heterocycles. The Morgan fingerprint density at radius 3 is 1.67 bits per heavy atom. The lowest BCUT2D eigenvalue weighted by Gasteiger charge is -1.97. The van der Waals surface area contributed by atoms with Gasteiger partial charge in [-0.05, 0) is 0 Å². The van der Waals surface area contributed by atoms with Crippen molar-refractivity contribution in [2.75, 3.05) is 0 Å². The largest absolute Gasteiger partial charge is 0.209 e. The Morgan fingerprint density at radius 1 is 1.33 bits per heavy atom. The first-order chi connectivity index (χ1) is 2.81. The number of nitrogens with zero attached hydrogens (tertiary/aromatic N) is 3. The maximum atomic E-state index is 4.85. The quantitative estimate of drug-likeness (QED) is 0.277. The van der Waals surface area contributed by atoms with Gasteiger partial charge in [-0.15, -0.1) is 5.23 Å². The van der Waals surface area contributed by atoms with Crippen molar-refractivity contribution in [3.05, 3.63) is 0 Å². The molecule has 34 valence electrons. The highest BCUT2D eigenvalue weighted by Gasteiger charge is 1.70. The third kappa shape index (κ3) is 1.42. The van der Waals surface area contributed by atoms with E-state index in [4.69, 9.17) is 5.84 Å². The van der Waals surface area contributed by atoms with Crippen LogP contribution in [0.2, 0.25) is 0 Å². The lowest BCUT2D eigenvalue weighted by Crippen LogP contribution is -2.16. The maximum Gasteiger partial charge on any atom is 0.0144 e. The van der Waals surface area contributed by atoms with Gasteiger partial charge in [0.15, 0.2) is 0 Å². The summed E-state index contributed by atoms with van der Waals surface area (Å²) in [6.45, 7) is 6.10. The van der Waals surface area contributed by atoms with Crippen LogP contribution >= 0.6 is 0 Å². The van der Waals surface area contributed by atoms with Crippen molar-refractivity contribution in [2.45, 2.75) is 0 Å². The predicted octanol–water partition coefficient (Wildman–Crippen LogP) is -0.607. The molecule has 0 fully saturated rings. The van der Waals surface area contributed by atoms with Crippen LogP contribution in [0.1, 0.15) is 0 Å². The van der Waals surface area contributed by atoms with Crippen LogP contribution in [0.5, 0.6) is 0 Å². The lowest BCUT2D eigenvalue weighted by molar-refractivity contribution is 0.324. The minimum absolute atomic E-state index is 0.778. The molecule has 0 rings (SSSR count). The fraction of sp³-hybridized carbons (Fsp3) is 0. The van der Waals surface area contributed by atoms with Gasteiger partial charge in [-0.25, -0.2) is 5.84 Å². The SMILES string of the molecule is C=NN(N)N=C. The van der Waals surface area contributed by atoms with Crippen LogP contribution in [0.15, 0.2) is 10.2 Å². The molecule has 0 aliphatic rings. The standard InChI is InChI=1S/C2H6N4/c1-4-6(3)5-2/h1-3H2. The molecule has 0 spiro atoms. The molecule has 0 heterocycles. The van der Waals surface area contributed by atoms with Crippen LogP contribution in [0.4, 0.5) is 0 Å². The second kappa shape index (κ2) is 2.34. The fourth-order valence-electron chi connectivity index (χ4n) is 0.0447. The van der Waals surface area contributed by atoms with Crippen molar-refractivity contribution < 1.29 is 0 Å². The fourth-order valence-corrected chi connectivity index (χ4v) is 0.0447. The lowest BCUT2D eigenvalue weighted by atomic mass is 11.6. The van der Waals surface area contributed by atoms with Crippen LogP contribution in [-0.2, 0) is 0 Å². The van der Waals surface area contributed by atoms with Gasteiger partial charge in [0.25, 0.3) is 0 Å². The van der Waals surface area contributed by atoms with Gasteiger partial charge in [0.2, 0.25) is 0 Å². The van der Waals surface area contributed by atoms with Crippen molar-refractivity contribution >= 4 is 13.4 Å². The van der Waals surface area contributed by atoms with Crippen LogP contribution in [-0.4, -0.2) is 18.7 Å². The Hall–Kier alpha value is -0.900. The summed E-state index contributed by atoms with van der Waals surface area (Å²) in [6, 6.07) is 0. The van der Waals surface area contributed by atoms with E-state index in [9.17, 15) is 0 Å². The minimum atomic E-state index is 0.778. The number of hydrogen-bond donors (Lipinski definition) is 1. The van der Waals surface area contributed by atoms with Gasteiger partial charge in [0, 0.05) is 13.4 Å². The highest BCUT2D eigenvalue weighted by molar-refractivity contribution is 5.24. The summed E-state index contributed by atoms with van der Waals surface area (Å²) in [4.78, 5) is 0. The van der Waals surface area contributed by atoms with Gasteiger partial charge in [-0.2, -0.15) is 10.2 Å². The second-order valence-electron chi connectivity index (χ2n) is 0.603. The van der Waals surface area contributed by atoms with Crippen LogP contribution < -0.4 is 5.84 Å². The predicted molar refractivity (Wildman–Crippen MR) is 25.1 cm³/mol. The van der Waals surface area contributed by atoms with Crippen LogP contribution in [0.25, 0.3) is 0 Å². The summed E-state index contributed by atoms with van der Waals surface area (Å²) in [5, 5.41) is 7.06. The summed E-state index contributed by atoms with van der Waals surface area (Å²) in [6.07, 6.45) is 0. The number of hydrazine groups is 1. The molecular formula is C2H6N4. The molecule has 0 aromatic carbocycles. The number of rotatable bonds is 2. The van der Waals surface area contributed by atoms with Gasteiger partial charge < -0.3 is 0 Å². The maximum absolute atomic E-state index is 4.85. The first-order valence-corrected chi connectivity index (χ1v) is 1.29. The Labute approximate surface area is 35.9 Å². The van der Waals surface area contributed by atoms with Crippen LogP contribution in [0, 0.1) is 0 Å². The van der Waals surface area contributed by atoms with Gasteiger partial charge in [-0.1, -0.05) is 0 Å². The van der Waals surface area contributed by atoms with Gasteiger partial charge in [-0.3, -0.25) is 0 Å².